The first-order valence-electron chi connectivity index (χ1n) is 7.43. The minimum Gasteiger partial charge on any atom is -0.467 e. The second kappa shape index (κ2) is 6.56. The van der Waals surface area contributed by atoms with E-state index in [9.17, 15) is 14.9 Å². The molecule has 3 aromatic rings. The van der Waals surface area contributed by atoms with Crippen molar-refractivity contribution in [3.63, 3.8) is 0 Å². The molecular weight excluding hydrogens is 326 g/mol. The number of nitrogens with zero attached hydrogens (tertiary/aromatic N) is 5. The third-order valence-corrected chi connectivity index (χ3v) is 3.94. The van der Waals surface area contributed by atoms with Gasteiger partial charge in [0, 0.05) is 18.7 Å². The number of amides is 1. The van der Waals surface area contributed by atoms with Gasteiger partial charge in [-0.05, 0) is 31.2 Å². The van der Waals surface area contributed by atoms with Crippen LogP contribution in [0.2, 0.25) is 0 Å². The molecule has 0 aliphatic rings. The van der Waals surface area contributed by atoms with Crippen molar-refractivity contribution in [1.29, 1.82) is 0 Å². The first-order chi connectivity index (χ1) is 12.0. The predicted octanol–water partition coefficient (Wildman–Crippen LogP) is 2.60. The standard InChI is InChI=1S/C16H15N5O4/c1-11(15-4-3-7-25-15)19(2)16(22)12-5-6-13(14(8-12)21(23)24)20-10-17-9-18-20/h3-11H,1-2H3. The maximum atomic E-state index is 12.7. The average molecular weight is 341 g/mol. The van der Waals surface area contributed by atoms with Crippen molar-refractivity contribution in [2.75, 3.05) is 7.05 Å². The number of hydrogen-bond donors (Lipinski definition) is 0. The molecule has 128 valence electrons. The Bertz CT molecular complexity index is 889. The summed E-state index contributed by atoms with van der Waals surface area (Å²) in [5, 5.41) is 15.3. The van der Waals surface area contributed by atoms with Gasteiger partial charge in [-0.25, -0.2) is 9.67 Å². The number of carbonyl (C=O) groups excluding carboxylic acids is 1. The molecule has 2 heterocycles. The molecule has 1 amide bonds. The van der Waals surface area contributed by atoms with Gasteiger partial charge in [0.05, 0.1) is 17.2 Å². The molecule has 9 nitrogen and oxygen atoms in total. The van der Waals surface area contributed by atoms with Crippen molar-refractivity contribution in [1.82, 2.24) is 19.7 Å². The van der Waals surface area contributed by atoms with Crippen LogP contribution in [0, 0.1) is 10.1 Å². The molecule has 1 unspecified atom stereocenters. The molecule has 0 aliphatic carbocycles. The third kappa shape index (κ3) is 3.11. The zero-order valence-corrected chi connectivity index (χ0v) is 13.6. The molecule has 9 heteroatoms. The molecule has 1 atom stereocenters. The summed E-state index contributed by atoms with van der Waals surface area (Å²) in [7, 11) is 1.62. The Morgan fingerprint density at radius 3 is 2.80 bits per heavy atom. The molecule has 3 rings (SSSR count). The van der Waals surface area contributed by atoms with E-state index in [1.807, 2.05) is 6.92 Å². The highest BCUT2D eigenvalue weighted by molar-refractivity contribution is 5.95. The molecule has 0 aliphatic heterocycles. The van der Waals surface area contributed by atoms with Crippen LogP contribution in [0.4, 0.5) is 5.69 Å². The monoisotopic (exact) mass is 341 g/mol. The molecule has 0 spiro atoms. The van der Waals surface area contributed by atoms with Crippen LogP contribution in [0.25, 0.3) is 5.69 Å². The summed E-state index contributed by atoms with van der Waals surface area (Å²) >= 11 is 0. The van der Waals surface area contributed by atoms with E-state index in [0.717, 1.165) is 0 Å². The zero-order valence-electron chi connectivity index (χ0n) is 13.6. The van der Waals surface area contributed by atoms with Gasteiger partial charge in [0.25, 0.3) is 11.6 Å². The van der Waals surface area contributed by atoms with Crippen LogP contribution in [-0.4, -0.2) is 37.5 Å². The zero-order chi connectivity index (χ0) is 18.0. The largest absolute Gasteiger partial charge is 0.467 e. The number of nitro groups is 1. The Morgan fingerprint density at radius 2 is 2.20 bits per heavy atom. The van der Waals surface area contributed by atoms with Crippen LogP contribution in [-0.2, 0) is 0 Å². The van der Waals surface area contributed by atoms with Crippen LogP contribution >= 0.6 is 0 Å². The quantitative estimate of drug-likeness (QED) is 0.521. The van der Waals surface area contributed by atoms with Gasteiger partial charge in [-0.15, -0.1) is 0 Å². The highest BCUT2D eigenvalue weighted by Crippen LogP contribution is 2.26. The fraction of sp³-hybridized carbons (Fsp3) is 0.188. The number of aromatic nitrogens is 3. The van der Waals surface area contributed by atoms with E-state index in [-0.39, 0.29) is 28.9 Å². The average Bonchev–Trinajstić information content (AvgIpc) is 3.32. The topological polar surface area (TPSA) is 107 Å². The minimum absolute atomic E-state index is 0.205. The lowest BCUT2D eigenvalue weighted by atomic mass is 10.1. The molecule has 0 N–H and O–H groups in total. The lowest BCUT2D eigenvalue weighted by Crippen LogP contribution is -2.29. The third-order valence-electron chi connectivity index (χ3n) is 3.94. The summed E-state index contributed by atoms with van der Waals surface area (Å²) in [5.41, 5.74) is 0.215. The van der Waals surface area contributed by atoms with Gasteiger partial charge >= 0.3 is 0 Å². The fourth-order valence-electron chi connectivity index (χ4n) is 2.43. The van der Waals surface area contributed by atoms with Crippen LogP contribution in [0.15, 0.2) is 53.7 Å². The van der Waals surface area contributed by atoms with Crippen molar-refractivity contribution < 1.29 is 14.1 Å². The maximum Gasteiger partial charge on any atom is 0.295 e. The molecular formula is C16H15N5O4. The first-order valence-corrected chi connectivity index (χ1v) is 7.43. The molecule has 0 radical (unpaired) electrons. The summed E-state index contributed by atoms with van der Waals surface area (Å²) in [6, 6.07) is 7.44. The maximum absolute atomic E-state index is 12.7. The smallest absolute Gasteiger partial charge is 0.295 e. The van der Waals surface area contributed by atoms with Crippen LogP contribution in [0.3, 0.4) is 0 Å². The molecule has 1 aromatic carbocycles. The van der Waals surface area contributed by atoms with Crippen LogP contribution in [0.5, 0.6) is 0 Å². The number of furan rings is 1. The predicted molar refractivity (Wildman–Crippen MR) is 87.2 cm³/mol. The van der Waals surface area contributed by atoms with E-state index in [1.165, 1.54) is 46.7 Å². The lowest BCUT2D eigenvalue weighted by molar-refractivity contribution is -0.384. The normalized spacial score (nSPS) is 11.9. The molecule has 0 fully saturated rings. The van der Waals surface area contributed by atoms with E-state index < -0.39 is 4.92 Å². The second-order valence-electron chi connectivity index (χ2n) is 5.41. The number of hydrogen-bond acceptors (Lipinski definition) is 6. The summed E-state index contributed by atoms with van der Waals surface area (Å²) in [5.74, 6) is 0.279. The molecule has 0 saturated carbocycles. The van der Waals surface area contributed by atoms with Crippen molar-refractivity contribution in [3.8, 4) is 5.69 Å². The van der Waals surface area contributed by atoms with Gasteiger partial charge in [0.2, 0.25) is 0 Å². The second-order valence-corrected chi connectivity index (χ2v) is 5.41. The SMILES string of the molecule is CC(c1ccco1)N(C)C(=O)c1ccc(-n2cncn2)c([N+](=O)[O-])c1. The van der Waals surface area contributed by atoms with Gasteiger partial charge in [-0.2, -0.15) is 5.10 Å². The van der Waals surface area contributed by atoms with Gasteiger partial charge < -0.3 is 9.32 Å². The summed E-state index contributed by atoms with van der Waals surface area (Å²) < 4.78 is 6.59. The molecule has 25 heavy (non-hydrogen) atoms. The van der Waals surface area contributed by atoms with Gasteiger partial charge in [0.15, 0.2) is 0 Å². The van der Waals surface area contributed by atoms with E-state index in [4.69, 9.17) is 4.42 Å². The Balaban J connectivity index is 1.93. The minimum atomic E-state index is -0.552. The summed E-state index contributed by atoms with van der Waals surface area (Å²) in [6.07, 6.45) is 4.17. The summed E-state index contributed by atoms with van der Waals surface area (Å²) in [6.45, 7) is 1.81. The molecule has 0 saturated heterocycles. The van der Waals surface area contributed by atoms with Crippen molar-refractivity contribution in [2.24, 2.45) is 0 Å². The number of nitro benzene ring substituents is 1. The highest BCUT2D eigenvalue weighted by atomic mass is 16.6. The summed E-state index contributed by atoms with van der Waals surface area (Å²) in [4.78, 5) is 28.8. The van der Waals surface area contributed by atoms with E-state index in [0.29, 0.717) is 5.76 Å². The van der Waals surface area contributed by atoms with Gasteiger partial charge in [0.1, 0.15) is 24.1 Å². The Labute approximate surface area is 142 Å². The lowest BCUT2D eigenvalue weighted by Gasteiger charge is -2.23. The van der Waals surface area contributed by atoms with Crippen LogP contribution < -0.4 is 0 Å². The van der Waals surface area contributed by atoms with Crippen LogP contribution in [0.1, 0.15) is 29.1 Å². The highest BCUT2D eigenvalue weighted by Gasteiger charge is 2.24. The van der Waals surface area contributed by atoms with E-state index >= 15 is 0 Å². The van der Waals surface area contributed by atoms with E-state index in [2.05, 4.69) is 10.1 Å². The number of benzene rings is 1. The molecule has 0 bridgehead atoms. The molecule has 2 aromatic heterocycles. The Kier molecular flexibility index (Phi) is 4.29. The van der Waals surface area contributed by atoms with Gasteiger partial charge in [-0.3, -0.25) is 14.9 Å². The van der Waals surface area contributed by atoms with Crippen molar-refractivity contribution >= 4 is 11.6 Å². The van der Waals surface area contributed by atoms with E-state index in [1.54, 1.807) is 19.2 Å². The Hall–Kier alpha value is -3.49. The number of carbonyl (C=O) groups is 1. The number of rotatable bonds is 5. The van der Waals surface area contributed by atoms with Crippen molar-refractivity contribution in [2.45, 2.75) is 13.0 Å². The fourth-order valence-corrected chi connectivity index (χ4v) is 2.43. The van der Waals surface area contributed by atoms with Gasteiger partial charge in [-0.1, -0.05) is 0 Å². The first kappa shape index (κ1) is 16.4. The Morgan fingerprint density at radius 1 is 1.40 bits per heavy atom. The van der Waals surface area contributed by atoms with Crippen molar-refractivity contribution in [3.05, 3.63) is 70.7 Å².